The number of nitrogens with one attached hydrogen (secondary N) is 1. The second kappa shape index (κ2) is 7.57. The molecule has 0 aliphatic carbocycles. The van der Waals surface area contributed by atoms with Crippen molar-refractivity contribution in [2.24, 2.45) is 5.92 Å². The summed E-state index contributed by atoms with van der Waals surface area (Å²) in [6.07, 6.45) is 2.11. The molecule has 1 aromatic carbocycles. The van der Waals surface area contributed by atoms with Gasteiger partial charge in [-0.15, -0.1) is 0 Å². The zero-order valence-electron chi connectivity index (χ0n) is 13.7. The van der Waals surface area contributed by atoms with E-state index in [-0.39, 0.29) is 11.8 Å². The molecule has 1 amide bonds. The van der Waals surface area contributed by atoms with E-state index in [2.05, 4.69) is 22.3 Å². The third kappa shape index (κ3) is 3.92. The van der Waals surface area contributed by atoms with Crippen LogP contribution in [0.2, 0.25) is 0 Å². The van der Waals surface area contributed by atoms with Gasteiger partial charge >= 0.3 is 5.97 Å². The lowest BCUT2D eigenvalue weighted by molar-refractivity contribution is -0.147. The highest BCUT2D eigenvalue weighted by Crippen LogP contribution is 2.29. The summed E-state index contributed by atoms with van der Waals surface area (Å²) in [7, 11) is 0. The van der Waals surface area contributed by atoms with Crippen LogP contribution in [0.1, 0.15) is 24.8 Å². The summed E-state index contributed by atoms with van der Waals surface area (Å²) in [4.78, 5) is 26.4. The first-order chi connectivity index (χ1) is 11.6. The summed E-state index contributed by atoms with van der Waals surface area (Å²) in [6, 6.07) is 10.3. The fraction of sp³-hybridized carbons (Fsp3) is 0.556. The maximum absolute atomic E-state index is 12.5. The Morgan fingerprint density at radius 2 is 1.96 bits per heavy atom. The molecule has 6 heteroatoms. The third-order valence-corrected chi connectivity index (χ3v) is 6.19. The molecule has 2 aliphatic rings. The monoisotopic (exact) mass is 348 g/mol. The zero-order valence-corrected chi connectivity index (χ0v) is 14.6. The molecule has 2 aliphatic heterocycles. The smallest absolute Gasteiger partial charge is 0.330 e. The molecule has 1 unspecified atom stereocenters. The van der Waals surface area contributed by atoms with E-state index in [0.717, 1.165) is 38.2 Å². The Bertz CT molecular complexity index is 579. The lowest BCUT2D eigenvalue weighted by Gasteiger charge is -2.33. The molecule has 0 bridgehead atoms. The number of carboxylic acid groups (broad SMARTS) is 1. The molecule has 24 heavy (non-hydrogen) atoms. The average Bonchev–Trinajstić information content (AvgIpc) is 3.06. The standard InChI is InChI=1S/C18H24N2O3S/c21-16(19-18(17(22)23)8-11-24-13-18)15-6-9-20(10-7-15)12-14-4-2-1-3-5-14/h1-5,15H,6-13H2,(H,19,21)(H,22,23). The van der Waals surface area contributed by atoms with Crippen LogP contribution in [0.4, 0.5) is 0 Å². The lowest BCUT2D eigenvalue weighted by atomic mass is 9.92. The average molecular weight is 348 g/mol. The quantitative estimate of drug-likeness (QED) is 0.851. The van der Waals surface area contributed by atoms with Gasteiger partial charge in [-0.1, -0.05) is 30.3 Å². The Balaban J connectivity index is 1.51. The largest absolute Gasteiger partial charge is 0.479 e. The summed E-state index contributed by atoms with van der Waals surface area (Å²) < 4.78 is 0. The van der Waals surface area contributed by atoms with Crippen molar-refractivity contribution in [1.29, 1.82) is 0 Å². The van der Waals surface area contributed by atoms with E-state index in [1.54, 1.807) is 11.8 Å². The minimum atomic E-state index is -1.05. The van der Waals surface area contributed by atoms with Crippen molar-refractivity contribution in [1.82, 2.24) is 10.2 Å². The van der Waals surface area contributed by atoms with Crippen LogP contribution in [0.25, 0.3) is 0 Å². The van der Waals surface area contributed by atoms with E-state index >= 15 is 0 Å². The Hall–Kier alpha value is -1.53. The van der Waals surface area contributed by atoms with E-state index in [4.69, 9.17) is 0 Å². The minimum Gasteiger partial charge on any atom is -0.479 e. The van der Waals surface area contributed by atoms with Gasteiger partial charge in [-0.3, -0.25) is 9.69 Å². The van der Waals surface area contributed by atoms with Crippen molar-refractivity contribution in [3.05, 3.63) is 35.9 Å². The second-order valence-electron chi connectivity index (χ2n) is 6.72. The van der Waals surface area contributed by atoms with Gasteiger partial charge in [0.1, 0.15) is 5.54 Å². The Kier molecular flexibility index (Phi) is 5.46. The molecular weight excluding hydrogens is 324 g/mol. The number of thioether (sulfide) groups is 1. The molecule has 2 fully saturated rings. The first-order valence-corrected chi connectivity index (χ1v) is 9.64. The van der Waals surface area contributed by atoms with Crippen LogP contribution < -0.4 is 5.32 Å². The summed E-state index contributed by atoms with van der Waals surface area (Å²) >= 11 is 1.60. The van der Waals surface area contributed by atoms with E-state index in [1.807, 2.05) is 18.2 Å². The first-order valence-electron chi connectivity index (χ1n) is 8.48. The Labute approximate surface area is 146 Å². The van der Waals surface area contributed by atoms with E-state index in [0.29, 0.717) is 12.2 Å². The van der Waals surface area contributed by atoms with Crippen LogP contribution in [-0.4, -0.2) is 52.0 Å². The van der Waals surface area contributed by atoms with Gasteiger partial charge in [0.2, 0.25) is 5.91 Å². The molecule has 5 nitrogen and oxygen atoms in total. The predicted molar refractivity (Wildman–Crippen MR) is 94.9 cm³/mol. The van der Waals surface area contributed by atoms with Crippen molar-refractivity contribution >= 4 is 23.6 Å². The fourth-order valence-corrected chi connectivity index (χ4v) is 4.74. The van der Waals surface area contributed by atoms with Crippen LogP contribution in [0.3, 0.4) is 0 Å². The number of rotatable bonds is 5. The zero-order chi connectivity index (χ0) is 17.0. The van der Waals surface area contributed by atoms with Gasteiger partial charge in [0.05, 0.1) is 0 Å². The molecular formula is C18H24N2O3S. The number of carboxylic acids is 1. The van der Waals surface area contributed by atoms with Crippen LogP contribution >= 0.6 is 11.8 Å². The molecule has 2 heterocycles. The third-order valence-electron chi connectivity index (χ3n) is 5.00. The van der Waals surface area contributed by atoms with Crippen molar-refractivity contribution in [2.75, 3.05) is 24.6 Å². The first kappa shape index (κ1) is 17.3. The molecule has 0 aromatic heterocycles. The fourth-order valence-electron chi connectivity index (χ4n) is 3.42. The predicted octanol–water partition coefficient (Wildman–Crippen LogP) is 1.98. The molecule has 0 spiro atoms. The maximum Gasteiger partial charge on any atom is 0.330 e. The number of hydrogen-bond acceptors (Lipinski definition) is 4. The number of amides is 1. The number of benzene rings is 1. The SMILES string of the molecule is O=C(NC1(C(=O)O)CCSC1)C1CCN(Cc2ccccc2)CC1. The molecule has 2 N–H and O–H groups in total. The van der Waals surface area contributed by atoms with Gasteiger partial charge in [0.25, 0.3) is 0 Å². The molecule has 2 saturated heterocycles. The van der Waals surface area contributed by atoms with Gasteiger partial charge in [-0.05, 0) is 43.7 Å². The number of likely N-dealkylation sites (tertiary alicyclic amines) is 1. The van der Waals surface area contributed by atoms with Gasteiger partial charge in [-0.25, -0.2) is 4.79 Å². The number of carbonyl (C=O) groups is 2. The lowest BCUT2D eigenvalue weighted by Crippen LogP contribution is -2.57. The summed E-state index contributed by atoms with van der Waals surface area (Å²) in [6.45, 7) is 2.66. The van der Waals surface area contributed by atoms with Crippen LogP contribution in [0.15, 0.2) is 30.3 Å². The highest BCUT2D eigenvalue weighted by molar-refractivity contribution is 7.99. The number of piperidine rings is 1. The molecule has 130 valence electrons. The normalized spacial score (nSPS) is 25.5. The molecule has 3 rings (SSSR count). The van der Waals surface area contributed by atoms with Crippen LogP contribution in [-0.2, 0) is 16.1 Å². The van der Waals surface area contributed by atoms with Gasteiger partial charge in [-0.2, -0.15) is 11.8 Å². The van der Waals surface area contributed by atoms with E-state index < -0.39 is 11.5 Å². The van der Waals surface area contributed by atoms with Crippen molar-refractivity contribution < 1.29 is 14.7 Å². The molecule has 0 saturated carbocycles. The van der Waals surface area contributed by atoms with E-state index in [9.17, 15) is 14.7 Å². The maximum atomic E-state index is 12.5. The number of nitrogens with zero attached hydrogens (tertiary/aromatic N) is 1. The van der Waals surface area contributed by atoms with Gasteiger partial charge in [0, 0.05) is 18.2 Å². The Morgan fingerprint density at radius 3 is 2.54 bits per heavy atom. The highest BCUT2D eigenvalue weighted by Gasteiger charge is 2.44. The minimum absolute atomic E-state index is 0.0705. The number of aliphatic carboxylic acids is 1. The Morgan fingerprint density at radius 1 is 1.25 bits per heavy atom. The van der Waals surface area contributed by atoms with Gasteiger partial charge < -0.3 is 10.4 Å². The number of hydrogen-bond donors (Lipinski definition) is 2. The van der Waals surface area contributed by atoms with Crippen molar-refractivity contribution in [3.8, 4) is 0 Å². The summed E-state index contributed by atoms with van der Waals surface area (Å²) in [5, 5.41) is 12.3. The molecule has 1 atom stereocenters. The van der Waals surface area contributed by atoms with E-state index in [1.165, 1.54) is 5.56 Å². The topological polar surface area (TPSA) is 69.6 Å². The van der Waals surface area contributed by atoms with Gasteiger partial charge in [0.15, 0.2) is 0 Å². The second-order valence-corrected chi connectivity index (χ2v) is 7.82. The molecule has 1 aromatic rings. The van der Waals surface area contributed by atoms with Crippen molar-refractivity contribution in [3.63, 3.8) is 0 Å². The highest BCUT2D eigenvalue weighted by atomic mass is 32.2. The van der Waals surface area contributed by atoms with Crippen LogP contribution in [0.5, 0.6) is 0 Å². The summed E-state index contributed by atoms with van der Waals surface area (Å²) in [5.74, 6) is 0.212. The summed E-state index contributed by atoms with van der Waals surface area (Å²) in [5.41, 5.74) is 0.233. The molecule has 0 radical (unpaired) electrons. The van der Waals surface area contributed by atoms with Crippen LogP contribution in [0, 0.1) is 5.92 Å². The number of carbonyl (C=O) groups excluding carboxylic acids is 1. The van der Waals surface area contributed by atoms with Crippen molar-refractivity contribution in [2.45, 2.75) is 31.3 Å².